The Labute approximate surface area is 371 Å². The van der Waals surface area contributed by atoms with Crippen molar-refractivity contribution in [3.8, 4) is 11.1 Å². The Bertz CT molecular complexity index is 2290. The van der Waals surface area contributed by atoms with E-state index < -0.39 is 47.9 Å². The van der Waals surface area contributed by atoms with Crippen molar-refractivity contribution >= 4 is 29.6 Å². The first-order valence-electron chi connectivity index (χ1n) is 21.4. The summed E-state index contributed by atoms with van der Waals surface area (Å²) >= 11 is 0. The summed E-state index contributed by atoms with van der Waals surface area (Å²) in [6.07, 6.45) is -1.19. The second-order valence-electron chi connectivity index (χ2n) is 15.5. The normalized spacial score (nSPS) is 12.4. The molecule has 1 heterocycles. The number of benzene rings is 5. The first-order chi connectivity index (χ1) is 31.0. The largest absolute Gasteiger partial charge is 0.491 e. The zero-order valence-corrected chi connectivity index (χ0v) is 35.3. The number of anilines is 1. The Kier molecular flexibility index (Phi) is 16.6. The number of pyridine rings is 1. The van der Waals surface area contributed by atoms with Crippen molar-refractivity contribution in [3.05, 3.63) is 192 Å². The summed E-state index contributed by atoms with van der Waals surface area (Å²) in [6, 6.07) is 50.2. The molecule has 2 amide bonds. The van der Waals surface area contributed by atoms with Crippen molar-refractivity contribution in [2.75, 3.05) is 11.9 Å². The zero-order chi connectivity index (χ0) is 45.2. The van der Waals surface area contributed by atoms with Crippen molar-refractivity contribution < 1.29 is 37.1 Å². The van der Waals surface area contributed by atoms with Crippen LogP contribution in [0.25, 0.3) is 11.1 Å². The second kappa shape index (κ2) is 22.8. The highest BCUT2D eigenvalue weighted by Crippen LogP contribution is 2.43. The SMILES string of the molecule is O=C(CCCCNc1ccccn1)N[C@@H](CCCCC(c1ccccc1)(c1ccccc1)c1ccccc1)C(=O)NC(CC(=O)OC(=O)C(F)(F)F)c1ccc(-c2ccccc2)cc1. The van der Waals surface area contributed by atoms with E-state index in [1.165, 1.54) is 0 Å². The lowest BCUT2D eigenvalue weighted by Gasteiger charge is -2.36. The molecule has 0 bridgehead atoms. The van der Waals surface area contributed by atoms with E-state index in [2.05, 4.69) is 62.1 Å². The van der Waals surface area contributed by atoms with Gasteiger partial charge in [0.15, 0.2) is 0 Å². The molecule has 3 N–H and O–H groups in total. The number of hydrogen-bond acceptors (Lipinski definition) is 7. The van der Waals surface area contributed by atoms with Gasteiger partial charge in [-0.2, -0.15) is 13.2 Å². The number of hydrogen-bond donors (Lipinski definition) is 3. The Morgan fingerprint density at radius 1 is 0.594 bits per heavy atom. The molecular weight excluding hydrogens is 818 g/mol. The molecule has 0 aliphatic carbocycles. The molecule has 5 aromatic carbocycles. The van der Waals surface area contributed by atoms with Gasteiger partial charge in [-0.25, -0.2) is 9.78 Å². The van der Waals surface area contributed by atoms with Crippen LogP contribution in [0.15, 0.2) is 170 Å². The number of esters is 2. The lowest BCUT2D eigenvalue weighted by Crippen LogP contribution is -2.48. The van der Waals surface area contributed by atoms with E-state index in [1.807, 2.05) is 103 Å². The molecule has 0 spiro atoms. The topological polar surface area (TPSA) is 126 Å². The third-order valence-corrected chi connectivity index (χ3v) is 11.1. The average molecular weight is 869 g/mol. The number of nitrogens with zero attached hydrogens (tertiary/aromatic N) is 1. The Morgan fingerprint density at radius 2 is 1.14 bits per heavy atom. The molecule has 0 radical (unpaired) electrons. The minimum Gasteiger partial charge on any atom is -0.386 e. The molecule has 64 heavy (non-hydrogen) atoms. The number of carbonyl (C=O) groups is 4. The van der Waals surface area contributed by atoms with E-state index in [1.54, 1.807) is 30.5 Å². The van der Waals surface area contributed by atoms with Crippen molar-refractivity contribution in [1.29, 1.82) is 0 Å². The first kappa shape index (κ1) is 46.4. The third-order valence-electron chi connectivity index (χ3n) is 11.1. The van der Waals surface area contributed by atoms with E-state index in [9.17, 15) is 32.3 Å². The molecule has 1 aromatic heterocycles. The molecule has 9 nitrogen and oxygen atoms in total. The minimum absolute atomic E-state index is 0.128. The van der Waals surface area contributed by atoms with Crippen LogP contribution in [-0.4, -0.2) is 47.5 Å². The second-order valence-corrected chi connectivity index (χ2v) is 15.5. The maximum absolute atomic E-state index is 14.4. The molecule has 0 aliphatic rings. The Morgan fingerprint density at radius 3 is 1.69 bits per heavy atom. The van der Waals surface area contributed by atoms with Crippen LogP contribution in [0.1, 0.15) is 79.7 Å². The molecule has 0 aliphatic heterocycles. The van der Waals surface area contributed by atoms with Crippen LogP contribution in [0.2, 0.25) is 0 Å². The fourth-order valence-electron chi connectivity index (χ4n) is 7.90. The summed E-state index contributed by atoms with van der Waals surface area (Å²) in [5, 5.41) is 8.93. The predicted molar refractivity (Wildman–Crippen MR) is 241 cm³/mol. The first-order valence-corrected chi connectivity index (χ1v) is 21.4. The summed E-state index contributed by atoms with van der Waals surface area (Å²) in [5.74, 6) is -4.41. The van der Waals surface area contributed by atoms with Crippen molar-refractivity contribution in [3.63, 3.8) is 0 Å². The molecule has 2 atom stereocenters. The number of rotatable bonds is 21. The third kappa shape index (κ3) is 13.0. The molecular formula is C52H51F3N4O5. The highest BCUT2D eigenvalue weighted by atomic mass is 19.4. The van der Waals surface area contributed by atoms with Crippen LogP contribution in [0.5, 0.6) is 0 Å². The molecule has 6 aromatic rings. The van der Waals surface area contributed by atoms with E-state index >= 15 is 0 Å². The maximum atomic E-state index is 14.4. The lowest BCUT2D eigenvalue weighted by molar-refractivity contribution is -0.202. The van der Waals surface area contributed by atoms with Gasteiger partial charge in [0, 0.05) is 24.6 Å². The van der Waals surface area contributed by atoms with Crippen molar-refractivity contribution in [2.45, 2.75) is 75.0 Å². The number of halogens is 3. The standard InChI is InChI=1S/C52H51F3N4O5/c53-52(54,55)50(63)64-48(61)37-45(40-32-30-39(31-33-40)38-19-5-1-6-20-38)59-49(62)44(58-47(60)29-15-18-36-57-46-28-14-17-35-56-46)27-13-16-34-51(41-21-7-2-8-22-41,42-23-9-3-10-24-42)43-25-11-4-12-26-43/h1-12,14,17,19-26,28,30-33,35,44-45H,13,15-16,18,27,29,34,36-37H2,(H,56,57)(H,58,60)(H,59,62)/t44-,45?/m0/s1. The fourth-order valence-corrected chi connectivity index (χ4v) is 7.90. The van der Waals surface area contributed by atoms with Crippen LogP contribution >= 0.6 is 0 Å². The van der Waals surface area contributed by atoms with Gasteiger partial charge in [-0.05, 0) is 71.2 Å². The number of ether oxygens (including phenoxy) is 1. The molecule has 0 saturated heterocycles. The number of aromatic nitrogens is 1. The highest BCUT2D eigenvalue weighted by molar-refractivity contribution is 5.90. The van der Waals surface area contributed by atoms with E-state index in [4.69, 9.17) is 0 Å². The molecule has 1 unspecified atom stereocenters. The maximum Gasteiger partial charge on any atom is 0.491 e. The summed E-state index contributed by atoms with van der Waals surface area (Å²) in [7, 11) is 0. The van der Waals surface area contributed by atoms with Crippen molar-refractivity contribution in [1.82, 2.24) is 15.6 Å². The van der Waals surface area contributed by atoms with E-state index in [0.29, 0.717) is 44.2 Å². The van der Waals surface area contributed by atoms with Crippen LogP contribution in [0.3, 0.4) is 0 Å². The highest BCUT2D eigenvalue weighted by Gasteiger charge is 2.43. The molecule has 330 valence electrons. The number of carbonyl (C=O) groups excluding carboxylic acids is 4. The van der Waals surface area contributed by atoms with Crippen LogP contribution in [0.4, 0.5) is 19.0 Å². The number of amides is 2. The zero-order valence-electron chi connectivity index (χ0n) is 35.3. The van der Waals surface area contributed by atoms with Crippen molar-refractivity contribution in [2.24, 2.45) is 0 Å². The summed E-state index contributed by atoms with van der Waals surface area (Å²) in [6.45, 7) is 0.581. The summed E-state index contributed by atoms with van der Waals surface area (Å²) in [5.41, 5.74) is 4.87. The minimum atomic E-state index is -5.39. The Balaban J connectivity index is 1.22. The monoisotopic (exact) mass is 868 g/mol. The van der Waals surface area contributed by atoms with Gasteiger partial charge in [-0.1, -0.05) is 165 Å². The molecule has 0 saturated carbocycles. The van der Waals surface area contributed by atoms with Gasteiger partial charge in [0.05, 0.1) is 12.5 Å². The van der Waals surface area contributed by atoms with Gasteiger partial charge in [0.2, 0.25) is 11.8 Å². The lowest BCUT2D eigenvalue weighted by atomic mass is 9.66. The van der Waals surface area contributed by atoms with Gasteiger partial charge >= 0.3 is 18.1 Å². The average Bonchev–Trinajstić information content (AvgIpc) is 3.32. The molecule has 0 fully saturated rings. The van der Waals surface area contributed by atoms with E-state index in [-0.39, 0.29) is 18.7 Å². The van der Waals surface area contributed by atoms with Gasteiger partial charge in [-0.15, -0.1) is 0 Å². The van der Waals surface area contributed by atoms with Crippen LogP contribution < -0.4 is 16.0 Å². The predicted octanol–water partition coefficient (Wildman–Crippen LogP) is 10.3. The number of alkyl halides is 3. The van der Waals surface area contributed by atoms with Gasteiger partial charge in [0.1, 0.15) is 11.9 Å². The quantitative estimate of drug-likeness (QED) is 0.0285. The summed E-state index contributed by atoms with van der Waals surface area (Å²) < 4.78 is 43.4. The molecule has 6 rings (SSSR count). The molecule has 12 heteroatoms. The summed E-state index contributed by atoms with van der Waals surface area (Å²) in [4.78, 5) is 56.6. The van der Waals surface area contributed by atoms with Gasteiger partial charge in [0.25, 0.3) is 0 Å². The van der Waals surface area contributed by atoms with Crippen LogP contribution in [0, 0.1) is 0 Å². The fraction of sp³-hybridized carbons (Fsp3) is 0.250. The smallest absolute Gasteiger partial charge is 0.386 e. The number of unbranched alkanes of at least 4 members (excludes halogenated alkanes) is 2. The Hall–Kier alpha value is -7.08. The van der Waals surface area contributed by atoms with Gasteiger partial charge < -0.3 is 20.7 Å². The van der Waals surface area contributed by atoms with Crippen LogP contribution in [-0.2, 0) is 29.3 Å². The van der Waals surface area contributed by atoms with E-state index in [0.717, 1.165) is 33.6 Å². The van der Waals surface area contributed by atoms with Gasteiger partial charge in [-0.3, -0.25) is 14.4 Å². The number of nitrogens with one attached hydrogen (secondary N) is 3.